The molecule has 3 rings (SSSR count). The molecule has 24 heavy (non-hydrogen) atoms. The van der Waals surface area contributed by atoms with Crippen LogP contribution in [-0.2, 0) is 0 Å². The Morgan fingerprint density at radius 1 is 1.04 bits per heavy atom. The molecule has 0 unspecified atom stereocenters. The Morgan fingerprint density at radius 3 is 2.25 bits per heavy atom. The van der Waals surface area contributed by atoms with E-state index in [0.717, 1.165) is 0 Å². The van der Waals surface area contributed by atoms with Gasteiger partial charge in [0, 0.05) is 11.6 Å². The molecule has 0 fully saturated rings. The van der Waals surface area contributed by atoms with E-state index in [1.807, 2.05) is 0 Å². The number of nitro benzene ring substituents is 1. The Bertz CT molecular complexity index is 829. The largest absolute Gasteiger partial charge is 0.476 e. The van der Waals surface area contributed by atoms with Crippen molar-refractivity contribution in [3.63, 3.8) is 0 Å². The predicted molar refractivity (Wildman–Crippen MR) is 83.4 cm³/mol. The molecular weight excluding hydrogens is 340 g/mol. The molecule has 8 nitrogen and oxygen atoms in total. The van der Waals surface area contributed by atoms with Crippen molar-refractivity contribution in [1.82, 2.24) is 0 Å². The van der Waals surface area contributed by atoms with Crippen LogP contribution in [0.25, 0.3) is 0 Å². The molecule has 0 aliphatic carbocycles. The Morgan fingerprint density at radius 2 is 1.62 bits per heavy atom. The lowest BCUT2D eigenvalue weighted by atomic mass is 9.89. The Hall–Kier alpha value is -2.71. The number of halogens is 1. The minimum atomic E-state index is -2.50. The van der Waals surface area contributed by atoms with Gasteiger partial charge in [-0.15, -0.1) is 0 Å². The van der Waals surface area contributed by atoms with Gasteiger partial charge in [0.15, 0.2) is 6.10 Å². The summed E-state index contributed by atoms with van der Waals surface area (Å²) in [6.45, 7) is 0. The zero-order valence-corrected chi connectivity index (χ0v) is 12.8. The second-order valence-corrected chi connectivity index (χ2v) is 5.84. The van der Waals surface area contributed by atoms with E-state index in [1.54, 1.807) is 12.1 Å². The van der Waals surface area contributed by atoms with Gasteiger partial charge in [-0.25, -0.2) is 0 Å². The van der Waals surface area contributed by atoms with Crippen molar-refractivity contribution in [3.8, 4) is 5.75 Å². The number of hydrogen-bond acceptors (Lipinski definition) is 6. The molecule has 1 heterocycles. The molecule has 3 atom stereocenters. The van der Waals surface area contributed by atoms with Gasteiger partial charge in [0.1, 0.15) is 5.75 Å². The van der Waals surface area contributed by atoms with Gasteiger partial charge in [-0.2, -0.15) is 0 Å². The van der Waals surface area contributed by atoms with Crippen LogP contribution in [0.4, 0.5) is 5.69 Å². The zero-order chi connectivity index (χ0) is 17.5. The highest BCUT2D eigenvalue weighted by Crippen LogP contribution is 2.52. The number of ether oxygens (including phenoxy) is 1. The summed E-state index contributed by atoms with van der Waals surface area (Å²) in [6, 6.07) is 11.6. The van der Waals surface area contributed by atoms with E-state index in [0.29, 0.717) is 0 Å². The molecule has 0 spiro atoms. The van der Waals surface area contributed by atoms with Crippen LogP contribution >= 0.6 is 11.6 Å². The second-order valence-electron chi connectivity index (χ2n) is 5.24. The molecule has 9 heteroatoms. The third-order valence-corrected chi connectivity index (χ3v) is 4.45. The number of nitrogens with zero attached hydrogens (tertiary/aromatic N) is 2. The van der Waals surface area contributed by atoms with Crippen LogP contribution < -0.4 is 4.74 Å². The molecule has 0 saturated carbocycles. The number of aliphatic hydroxyl groups excluding tert-OH is 1. The fourth-order valence-electron chi connectivity index (χ4n) is 2.74. The number of rotatable bonds is 3. The molecule has 0 amide bonds. The summed E-state index contributed by atoms with van der Waals surface area (Å²) in [7, 11) is 0. The number of nitro groups is 2. The van der Waals surface area contributed by atoms with Gasteiger partial charge in [0.25, 0.3) is 5.69 Å². The van der Waals surface area contributed by atoms with Gasteiger partial charge in [0.05, 0.1) is 15.4 Å². The van der Waals surface area contributed by atoms with Crippen LogP contribution in [0.3, 0.4) is 0 Å². The van der Waals surface area contributed by atoms with Crippen molar-refractivity contribution in [2.24, 2.45) is 0 Å². The molecule has 124 valence electrons. The molecule has 1 aliphatic rings. The van der Waals surface area contributed by atoms with Crippen molar-refractivity contribution in [3.05, 3.63) is 79.9 Å². The third-order valence-electron chi connectivity index (χ3n) is 3.91. The number of para-hydroxylation sites is 2. The second kappa shape index (κ2) is 5.73. The van der Waals surface area contributed by atoms with E-state index in [2.05, 4.69) is 0 Å². The van der Waals surface area contributed by atoms with E-state index < -0.39 is 27.1 Å². The number of benzene rings is 2. The molecule has 1 aliphatic heterocycles. The van der Waals surface area contributed by atoms with Gasteiger partial charge in [-0.3, -0.25) is 20.2 Å². The smallest absolute Gasteiger partial charge is 0.365 e. The summed E-state index contributed by atoms with van der Waals surface area (Å²) >= 11 is 6.17. The molecule has 0 aromatic heterocycles. The lowest BCUT2D eigenvalue weighted by molar-refractivity contribution is -0.570. The van der Waals surface area contributed by atoms with E-state index in [4.69, 9.17) is 16.3 Å². The lowest BCUT2D eigenvalue weighted by Gasteiger charge is -2.36. The highest BCUT2D eigenvalue weighted by molar-refractivity contribution is 6.23. The fraction of sp³-hybridized carbons (Fsp3) is 0.200. The van der Waals surface area contributed by atoms with Crippen molar-refractivity contribution in [2.75, 3.05) is 0 Å². The van der Waals surface area contributed by atoms with Crippen molar-refractivity contribution in [2.45, 2.75) is 17.2 Å². The normalized spacial score (nSPS) is 25.4. The maximum absolute atomic E-state index is 11.6. The number of aliphatic hydroxyl groups is 1. The average Bonchev–Trinajstić information content (AvgIpc) is 2.58. The van der Waals surface area contributed by atoms with E-state index in [9.17, 15) is 25.3 Å². The van der Waals surface area contributed by atoms with Gasteiger partial charge in [0.2, 0.25) is 6.10 Å². The molecule has 0 saturated heterocycles. The summed E-state index contributed by atoms with van der Waals surface area (Å²) in [5, 5.41) is 33.4. The SMILES string of the molecule is O=[N+]([O-])c1ccccc1[C@@H]1Oc2ccccc2[C@H](O)[C@@]1(Cl)[N+](=O)[O-]. The van der Waals surface area contributed by atoms with Gasteiger partial charge in [-0.1, -0.05) is 30.3 Å². The monoisotopic (exact) mass is 350 g/mol. The molecule has 2 aromatic rings. The maximum atomic E-state index is 11.6. The first kappa shape index (κ1) is 16.2. The van der Waals surface area contributed by atoms with Crippen LogP contribution in [0.1, 0.15) is 23.3 Å². The van der Waals surface area contributed by atoms with Crippen molar-refractivity contribution >= 4 is 17.3 Å². The third kappa shape index (κ3) is 2.27. The number of fused-ring (bicyclic) bond motifs is 1. The van der Waals surface area contributed by atoms with Crippen molar-refractivity contribution in [1.29, 1.82) is 0 Å². The van der Waals surface area contributed by atoms with Crippen LogP contribution in [0, 0.1) is 20.2 Å². The van der Waals surface area contributed by atoms with Crippen LogP contribution in [-0.4, -0.2) is 20.0 Å². The Balaban J connectivity index is 2.23. The van der Waals surface area contributed by atoms with E-state index in [-0.39, 0.29) is 22.6 Å². The fourth-order valence-corrected chi connectivity index (χ4v) is 3.02. The van der Waals surface area contributed by atoms with Gasteiger partial charge >= 0.3 is 5.00 Å². The van der Waals surface area contributed by atoms with Crippen LogP contribution in [0.15, 0.2) is 48.5 Å². The first-order valence-corrected chi connectivity index (χ1v) is 7.25. The first-order valence-electron chi connectivity index (χ1n) is 6.87. The average molecular weight is 351 g/mol. The maximum Gasteiger partial charge on any atom is 0.365 e. The number of hydrogen-bond donors (Lipinski definition) is 1. The minimum Gasteiger partial charge on any atom is -0.476 e. The summed E-state index contributed by atoms with van der Waals surface area (Å²) in [4.78, 5) is 18.8. The predicted octanol–water partition coefficient (Wildman–Crippen LogP) is 2.97. The minimum absolute atomic E-state index is 0.0808. The van der Waals surface area contributed by atoms with Crippen LogP contribution in [0.2, 0.25) is 0 Å². The molecule has 0 bridgehead atoms. The molecular formula is C15H11ClN2O6. The van der Waals surface area contributed by atoms with Crippen LogP contribution in [0.5, 0.6) is 5.75 Å². The summed E-state index contributed by atoms with van der Waals surface area (Å²) in [5.74, 6) is 0.186. The lowest BCUT2D eigenvalue weighted by Crippen LogP contribution is -2.49. The Kier molecular flexibility index (Phi) is 3.86. The summed E-state index contributed by atoms with van der Waals surface area (Å²) in [5.41, 5.74) is -0.303. The number of alkyl halides is 1. The zero-order valence-electron chi connectivity index (χ0n) is 12.0. The molecule has 0 radical (unpaired) electrons. The highest BCUT2D eigenvalue weighted by atomic mass is 35.5. The topological polar surface area (TPSA) is 116 Å². The molecule has 1 N–H and O–H groups in total. The van der Waals surface area contributed by atoms with Gasteiger partial charge in [-0.05, 0) is 23.7 Å². The van der Waals surface area contributed by atoms with E-state index in [1.165, 1.54) is 36.4 Å². The quantitative estimate of drug-likeness (QED) is 0.393. The standard InChI is InChI=1S/C15H11ClN2O6/c16-15(18(22)23)13(19)10-6-2-4-8-12(10)24-14(15)9-5-1-3-7-11(9)17(20)21/h1-8,13-14,19H/t13-,14-,15+/m0/s1. The highest BCUT2D eigenvalue weighted by Gasteiger charge is 2.62. The summed E-state index contributed by atoms with van der Waals surface area (Å²) in [6.07, 6.45) is -3.25. The summed E-state index contributed by atoms with van der Waals surface area (Å²) < 4.78 is 5.62. The molecule has 2 aromatic carbocycles. The van der Waals surface area contributed by atoms with Gasteiger partial charge < -0.3 is 9.84 Å². The van der Waals surface area contributed by atoms with E-state index >= 15 is 0 Å². The first-order chi connectivity index (χ1) is 11.4. The Labute approximate surface area is 140 Å². The van der Waals surface area contributed by atoms with Crippen molar-refractivity contribution < 1.29 is 19.7 Å².